The van der Waals surface area contributed by atoms with Crippen molar-refractivity contribution in [3.8, 4) is 16.9 Å². The van der Waals surface area contributed by atoms with E-state index in [1.165, 1.54) is 42.5 Å². The van der Waals surface area contributed by atoms with E-state index in [9.17, 15) is 31.5 Å². The molecule has 0 amide bonds. The maximum Gasteiger partial charge on any atom is 0.416 e. The van der Waals surface area contributed by atoms with Crippen LogP contribution in [-0.2, 0) is 34.0 Å². The van der Waals surface area contributed by atoms with E-state index in [1.54, 1.807) is 6.07 Å². The van der Waals surface area contributed by atoms with Crippen molar-refractivity contribution in [3.63, 3.8) is 0 Å². The van der Waals surface area contributed by atoms with Gasteiger partial charge in [-0.2, -0.15) is 17.5 Å². The number of hydrogen-bond donors (Lipinski definition) is 2. The van der Waals surface area contributed by atoms with Crippen molar-refractivity contribution in [3.05, 3.63) is 77.4 Å². The Morgan fingerprint density at radius 1 is 1.08 bits per heavy atom. The lowest BCUT2D eigenvalue weighted by Crippen LogP contribution is -2.36. The van der Waals surface area contributed by atoms with Crippen LogP contribution in [0.3, 0.4) is 0 Å². The van der Waals surface area contributed by atoms with Crippen LogP contribution in [0.2, 0.25) is 0 Å². The number of nitrogens with two attached hydrogens (primary N) is 1. The van der Waals surface area contributed by atoms with Crippen molar-refractivity contribution >= 4 is 21.7 Å². The van der Waals surface area contributed by atoms with Crippen LogP contribution >= 0.6 is 0 Å². The van der Waals surface area contributed by atoms with Crippen LogP contribution in [-0.4, -0.2) is 35.9 Å². The number of carboxylic acid groups (broad SMARTS) is 1. The first-order valence-corrected chi connectivity index (χ1v) is 13.2. The number of carbonyl (C=O) groups is 1. The van der Waals surface area contributed by atoms with E-state index in [4.69, 9.17) is 10.5 Å². The number of hydrogen-bond acceptors (Lipinski definition) is 5. The third-order valence-electron chi connectivity index (χ3n) is 6.26. The predicted molar refractivity (Wildman–Crippen MR) is 136 cm³/mol. The van der Waals surface area contributed by atoms with Crippen molar-refractivity contribution < 1.29 is 36.2 Å². The zero-order chi connectivity index (χ0) is 27.9. The Morgan fingerprint density at radius 3 is 2.50 bits per heavy atom. The molecule has 38 heavy (non-hydrogen) atoms. The van der Waals surface area contributed by atoms with E-state index in [0.717, 1.165) is 16.4 Å². The van der Waals surface area contributed by atoms with E-state index in [0.29, 0.717) is 35.3 Å². The van der Waals surface area contributed by atoms with Gasteiger partial charge in [-0.1, -0.05) is 12.1 Å². The molecule has 4 rings (SSSR count). The lowest BCUT2D eigenvalue weighted by Gasteiger charge is -2.33. The van der Waals surface area contributed by atoms with Gasteiger partial charge in [0.15, 0.2) is 0 Å². The van der Waals surface area contributed by atoms with Crippen molar-refractivity contribution in [2.24, 2.45) is 0 Å². The van der Waals surface area contributed by atoms with Gasteiger partial charge in [-0.05, 0) is 97.5 Å². The van der Waals surface area contributed by atoms with E-state index in [-0.39, 0.29) is 28.3 Å². The van der Waals surface area contributed by atoms with E-state index in [2.05, 4.69) is 0 Å². The molecule has 0 saturated carbocycles. The molecule has 0 spiro atoms. The molecule has 3 aromatic rings. The molecule has 0 unspecified atom stereocenters. The molecular weight excluding hydrogens is 521 g/mol. The molecule has 11 heteroatoms. The summed E-state index contributed by atoms with van der Waals surface area (Å²) in [7, 11) is -4.27. The average molecular weight is 549 g/mol. The standard InChI is InChI=1S/C27H27F3N2O5S/c1-26(2)9-8-19-14-23(6-7-24(19)37-26)38(35,36)32(16-25(33)34)15-17-10-20(13-22(31)11-17)18-4-3-5-21(12-18)27(28,29)30/h3-7,10-14H,8-9,15-16,31H2,1-2H3,(H,33,34). The molecule has 0 fully saturated rings. The third-order valence-corrected chi connectivity index (χ3v) is 8.05. The highest BCUT2D eigenvalue weighted by Gasteiger charge is 2.32. The van der Waals surface area contributed by atoms with Crippen molar-refractivity contribution in [1.29, 1.82) is 0 Å². The highest BCUT2D eigenvalue weighted by Crippen LogP contribution is 2.36. The number of anilines is 1. The zero-order valence-corrected chi connectivity index (χ0v) is 21.6. The number of benzene rings is 3. The van der Waals surface area contributed by atoms with E-state index in [1.807, 2.05) is 13.8 Å². The van der Waals surface area contributed by atoms with Crippen LogP contribution in [0.25, 0.3) is 11.1 Å². The molecule has 0 bridgehead atoms. The molecule has 1 aliphatic heterocycles. The SMILES string of the molecule is CC1(C)CCc2cc(S(=O)(=O)N(CC(=O)O)Cc3cc(N)cc(-c4cccc(C(F)(F)F)c4)c3)ccc2O1. The van der Waals surface area contributed by atoms with Crippen LogP contribution in [0.4, 0.5) is 18.9 Å². The maximum absolute atomic E-state index is 13.5. The first-order chi connectivity index (χ1) is 17.6. The van der Waals surface area contributed by atoms with Crippen molar-refractivity contribution in [2.75, 3.05) is 12.3 Å². The van der Waals surface area contributed by atoms with Crippen LogP contribution in [0, 0.1) is 0 Å². The lowest BCUT2D eigenvalue weighted by atomic mass is 9.94. The fourth-order valence-corrected chi connectivity index (χ4v) is 5.81. The summed E-state index contributed by atoms with van der Waals surface area (Å²) in [6.07, 6.45) is -3.26. The molecule has 3 N–H and O–H groups in total. The summed E-state index contributed by atoms with van der Waals surface area (Å²) in [6, 6.07) is 13.5. The largest absolute Gasteiger partial charge is 0.488 e. The number of alkyl halides is 3. The topological polar surface area (TPSA) is 110 Å². The van der Waals surface area contributed by atoms with Crippen LogP contribution in [0.5, 0.6) is 5.75 Å². The second kappa shape index (κ2) is 9.95. The smallest absolute Gasteiger partial charge is 0.416 e. The number of aryl methyl sites for hydroxylation is 1. The Kier molecular flexibility index (Phi) is 7.19. The molecule has 7 nitrogen and oxygen atoms in total. The fraction of sp³-hybridized carbons (Fsp3) is 0.296. The number of halogens is 3. The highest BCUT2D eigenvalue weighted by molar-refractivity contribution is 7.89. The van der Waals surface area contributed by atoms with Gasteiger partial charge in [-0.15, -0.1) is 0 Å². The van der Waals surface area contributed by atoms with Gasteiger partial charge in [0.05, 0.1) is 10.5 Å². The Balaban J connectivity index is 1.68. The second-order valence-electron chi connectivity index (χ2n) is 9.84. The van der Waals surface area contributed by atoms with E-state index >= 15 is 0 Å². The van der Waals surface area contributed by atoms with Gasteiger partial charge in [0.1, 0.15) is 17.9 Å². The molecule has 1 aliphatic rings. The second-order valence-corrected chi connectivity index (χ2v) is 11.8. The zero-order valence-electron chi connectivity index (χ0n) is 20.7. The Morgan fingerprint density at radius 2 is 1.82 bits per heavy atom. The Bertz CT molecular complexity index is 1490. The Labute approximate surface area is 218 Å². The van der Waals surface area contributed by atoms with E-state index < -0.39 is 34.3 Å². The fourth-order valence-electron chi connectivity index (χ4n) is 4.38. The number of rotatable bonds is 7. The van der Waals surface area contributed by atoms with Gasteiger partial charge < -0.3 is 15.6 Å². The van der Waals surface area contributed by atoms with Gasteiger partial charge in [0, 0.05) is 12.2 Å². The average Bonchev–Trinajstić information content (AvgIpc) is 2.81. The molecule has 0 aromatic heterocycles. The summed E-state index contributed by atoms with van der Waals surface area (Å²) in [5.74, 6) is -0.787. The van der Waals surface area contributed by atoms with Crippen LogP contribution in [0.1, 0.15) is 37.0 Å². The summed E-state index contributed by atoms with van der Waals surface area (Å²) >= 11 is 0. The van der Waals surface area contributed by atoms with Gasteiger partial charge in [-0.25, -0.2) is 8.42 Å². The molecule has 3 aromatic carbocycles. The minimum absolute atomic E-state index is 0.0807. The first kappa shape index (κ1) is 27.5. The summed E-state index contributed by atoms with van der Waals surface area (Å²) in [4.78, 5) is 11.5. The summed E-state index contributed by atoms with van der Waals surface area (Å²) in [6.45, 7) is 2.70. The molecule has 0 saturated heterocycles. The van der Waals surface area contributed by atoms with Crippen molar-refractivity contribution in [2.45, 2.75) is 49.9 Å². The summed E-state index contributed by atoms with van der Waals surface area (Å²) in [5.41, 5.74) is 6.57. The highest BCUT2D eigenvalue weighted by atomic mass is 32.2. The molecule has 1 heterocycles. The normalized spacial score (nSPS) is 15.1. The predicted octanol–water partition coefficient (Wildman–Crippen LogP) is 5.33. The number of carboxylic acids is 1. The number of sulfonamides is 1. The van der Waals surface area contributed by atoms with Crippen molar-refractivity contribution in [1.82, 2.24) is 4.31 Å². The minimum Gasteiger partial charge on any atom is -0.488 e. The number of aliphatic carboxylic acids is 1. The summed E-state index contributed by atoms with van der Waals surface area (Å²) in [5, 5.41) is 9.46. The first-order valence-electron chi connectivity index (χ1n) is 11.7. The van der Waals surface area contributed by atoms with Crippen LogP contribution in [0.15, 0.2) is 65.6 Å². The number of ether oxygens (including phenoxy) is 1. The molecule has 202 valence electrons. The van der Waals surface area contributed by atoms with Gasteiger partial charge in [0.25, 0.3) is 0 Å². The molecule has 0 atom stereocenters. The lowest BCUT2D eigenvalue weighted by molar-refractivity contribution is -0.138. The monoisotopic (exact) mass is 548 g/mol. The minimum atomic E-state index is -4.54. The molecular formula is C27H27F3N2O5S. The Hall–Kier alpha value is -3.57. The summed E-state index contributed by atoms with van der Waals surface area (Å²) < 4.78 is 73.4. The molecule has 0 radical (unpaired) electrons. The number of nitrogens with zero attached hydrogens (tertiary/aromatic N) is 1. The van der Waals surface area contributed by atoms with Gasteiger partial charge in [-0.3, -0.25) is 4.79 Å². The maximum atomic E-state index is 13.5. The van der Waals surface area contributed by atoms with Gasteiger partial charge >= 0.3 is 12.1 Å². The number of nitrogen functional groups attached to an aromatic ring is 1. The number of fused-ring (bicyclic) bond motifs is 1. The molecule has 0 aliphatic carbocycles. The quantitative estimate of drug-likeness (QED) is 0.386. The van der Waals surface area contributed by atoms with Crippen LogP contribution < -0.4 is 10.5 Å². The third kappa shape index (κ3) is 6.11. The van der Waals surface area contributed by atoms with Gasteiger partial charge in [0.2, 0.25) is 10.0 Å².